The van der Waals surface area contributed by atoms with Crippen LogP contribution in [-0.2, 0) is 16.4 Å². The predicted molar refractivity (Wildman–Crippen MR) is 146 cm³/mol. The van der Waals surface area contributed by atoms with Crippen LogP contribution >= 0.6 is 0 Å². The molecule has 9 nitrogen and oxygen atoms in total. The summed E-state index contributed by atoms with van der Waals surface area (Å²) in [4.78, 5) is 4.60. The highest BCUT2D eigenvalue weighted by Crippen LogP contribution is 2.38. The minimum atomic E-state index is -3.74. The van der Waals surface area contributed by atoms with Crippen molar-refractivity contribution in [3.63, 3.8) is 0 Å². The standard InChI is InChI=1S/C28H29FN4O5S/c1-4-18-16-22-24(27(34)31-2)25(19-10-12-21(29)13-11-19)38-28(22)32-26(18)33(39(3,35)36)14-7-15-37-23-9-6-5-8-20(23)17-30/h5-6,8-13,16,27,31,34H,4,7,14-15H2,1-3H3. The Morgan fingerprint density at radius 1 is 1.23 bits per heavy atom. The van der Waals surface area contributed by atoms with E-state index >= 15 is 0 Å². The van der Waals surface area contributed by atoms with Crippen LogP contribution in [0.2, 0.25) is 0 Å². The number of hydrogen-bond donors (Lipinski definition) is 2. The number of pyridine rings is 1. The van der Waals surface area contributed by atoms with Crippen molar-refractivity contribution in [1.82, 2.24) is 10.3 Å². The number of anilines is 1. The molecule has 2 aromatic heterocycles. The van der Waals surface area contributed by atoms with Gasteiger partial charge in [0.1, 0.15) is 35.4 Å². The second-order valence-corrected chi connectivity index (χ2v) is 10.8. The molecule has 0 fully saturated rings. The first-order valence-electron chi connectivity index (χ1n) is 12.3. The summed E-state index contributed by atoms with van der Waals surface area (Å²) < 4.78 is 52.3. The Kier molecular flexibility index (Phi) is 8.50. The van der Waals surface area contributed by atoms with E-state index < -0.39 is 22.1 Å². The molecule has 4 rings (SSSR count). The molecule has 4 aromatic rings. The smallest absolute Gasteiger partial charge is 0.233 e. The Balaban J connectivity index is 1.71. The quantitative estimate of drug-likeness (QED) is 0.205. The number of nitrogens with one attached hydrogen (secondary N) is 1. The van der Waals surface area contributed by atoms with Gasteiger partial charge in [-0.1, -0.05) is 19.1 Å². The largest absolute Gasteiger partial charge is 0.492 e. The summed E-state index contributed by atoms with van der Waals surface area (Å²) >= 11 is 0. The fraction of sp³-hybridized carbons (Fsp3) is 0.286. The highest BCUT2D eigenvalue weighted by Gasteiger charge is 2.27. The van der Waals surface area contributed by atoms with Gasteiger partial charge in [-0.25, -0.2) is 12.8 Å². The van der Waals surface area contributed by atoms with E-state index in [1.54, 1.807) is 37.4 Å². The minimum absolute atomic E-state index is 0.0799. The van der Waals surface area contributed by atoms with Crippen molar-refractivity contribution in [3.05, 3.63) is 77.1 Å². The van der Waals surface area contributed by atoms with E-state index in [1.165, 1.54) is 28.6 Å². The van der Waals surface area contributed by atoms with Gasteiger partial charge in [0.25, 0.3) is 0 Å². The molecule has 0 bridgehead atoms. The van der Waals surface area contributed by atoms with E-state index in [9.17, 15) is 23.2 Å². The van der Waals surface area contributed by atoms with Gasteiger partial charge in [0.2, 0.25) is 15.7 Å². The molecule has 0 saturated carbocycles. The van der Waals surface area contributed by atoms with Gasteiger partial charge in [-0.05, 0) is 61.5 Å². The molecular weight excluding hydrogens is 523 g/mol. The molecule has 2 heterocycles. The molecule has 0 aliphatic rings. The normalized spacial score (nSPS) is 12.3. The molecular formula is C28H29FN4O5S. The summed E-state index contributed by atoms with van der Waals surface area (Å²) in [6, 6.07) is 16.3. The van der Waals surface area contributed by atoms with Crippen molar-refractivity contribution in [2.75, 3.05) is 30.8 Å². The number of halogens is 1. The highest BCUT2D eigenvalue weighted by atomic mass is 32.2. The number of hydrogen-bond acceptors (Lipinski definition) is 8. The van der Waals surface area contributed by atoms with Gasteiger partial charge in [0.15, 0.2) is 0 Å². The number of aliphatic hydroxyl groups excluding tert-OH is 1. The Morgan fingerprint density at radius 2 is 1.95 bits per heavy atom. The van der Waals surface area contributed by atoms with Crippen LogP contribution in [0.3, 0.4) is 0 Å². The van der Waals surface area contributed by atoms with Crippen LogP contribution in [0.25, 0.3) is 22.4 Å². The first kappa shape index (κ1) is 28.0. The number of rotatable bonds is 11. The maximum absolute atomic E-state index is 13.6. The average Bonchev–Trinajstić information content (AvgIpc) is 3.30. The Bertz CT molecular complexity index is 1610. The molecule has 1 unspecified atom stereocenters. The second kappa shape index (κ2) is 11.8. The number of benzene rings is 2. The lowest BCUT2D eigenvalue weighted by atomic mass is 10.0. The molecule has 0 aliphatic heterocycles. The van der Waals surface area contributed by atoms with Crippen LogP contribution in [0.5, 0.6) is 5.75 Å². The fourth-order valence-electron chi connectivity index (χ4n) is 4.29. The van der Waals surface area contributed by atoms with Gasteiger partial charge in [0.05, 0.1) is 24.0 Å². The number of sulfonamides is 1. The van der Waals surface area contributed by atoms with Crippen LogP contribution < -0.4 is 14.4 Å². The van der Waals surface area contributed by atoms with Crippen molar-refractivity contribution >= 4 is 26.9 Å². The number of furan rings is 1. The molecule has 11 heteroatoms. The maximum Gasteiger partial charge on any atom is 0.233 e. The zero-order chi connectivity index (χ0) is 28.2. The molecule has 1 atom stereocenters. The summed E-state index contributed by atoms with van der Waals surface area (Å²) in [5, 5.41) is 23.3. The third kappa shape index (κ3) is 6.04. The van der Waals surface area contributed by atoms with Crippen molar-refractivity contribution in [2.24, 2.45) is 0 Å². The molecule has 0 spiro atoms. The van der Waals surface area contributed by atoms with Crippen LogP contribution in [-0.4, -0.2) is 45.0 Å². The molecule has 0 saturated heterocycles. The van der Waals surface area contributed by atoms with Gasteiger partial charge < -0.3 is 14.3 Å². The lowest BCUT2D eigenvalue weighted by Gasteiger charge is -2.23. The zero-order valence-electron chi connectivity index (χ0n) is 21.8. The van der Waals surface area contributed by atoms with Crippen molar-refractivity contribution in [3.8, 4) is 23.1 Å². The minimum Gasteiger partial charge on any atom is -0.492 e. The Hall–Kier alpha value is -3.98. The summed E-state index contributed by atoms with van der Waals surface area (Å²) in [5.74, 6) is 0.534. The molecule has 2 aromatic carbocycles. The number of nitrogens with zero attached hydrogens (tertiary/aromatic N) is 3. The van der Waals surface area contributed by atoms with Gasteiger partial charge in [-0.3, -0.25) is 9.62 Å². The Morgan fingerprint density at radius 3 is 2.59 bits per heavy atom. The topological polar surface area (TPSA) is 129 Å². The highest BCUT2D eigenvalue weighted by molar-refractivity contribution is 7.92. The zero-order valence-corrected chi connectivity index (χ0v) is 22.6. The predicted octanol–water partition coefficient (Wildman–Crippen LogP) is 4.51. The fourth-order valence-corrected chi connectivity index (χ4v) is 5.22. The van der Waals surface area contributed by atoms with E-state index in [2.05, 4.69) is 16.4 Å². The third-order valence-corrected chi connectivity index (χ3v) is 7.37. The molecule has 0 aliphatic carbocycles. The number of aryl methyl sites for hydroxylation is 1. The number of aromatic nitrogens is 1. The lowest BCUT2D eigenvalue weighted by molar-refractivity contribution is 0.150. The summed E-state index contributed by atoms with van der Waals surface area (Å²) in [6.07, 6.45) is 0.788. The van der Waals surface area contributed by atoms with E-state index in [1.807, 2.05) is 6.92 Å². The van der Waals surface area contributed by atoms with E-state index in [4.69, 9.17) is 9.15 Å². The number of ether oxygens (including phenoxy) is 1. The summed E-state index contributed by atoms with van der Waals surface area (Å²) in [6.45, 7) is 2.14. The number of fused-ring (bicyclic) bond motifs is 1. The van der Waals surface area contributed by atoms with E-state index in [-0.39, 0.29) is 24.7 Å². The van der Waals surface area contributed by atoms with Crippen molar-refractivity contribution in [2.45, 2.75) is 26.0 Å². The molecule has 2 N–H and O–H groups in total. The Labute approximate surface area is 226 Å². The van der Waals surface area contributed by atoms with Crippen LogP contribution in [0.1, 0.15) is 36.3 Å². The lowest BCUT2D eigenvalue weighted by Crippen LogP contribution is -2.33. The van der Waals surface area contributed by atoms with Gasteiger partial charge in [-0.2, -0.15) is 10.2 Å². The third-order valence-electron chi connectivity index (χ3n) is 6.22. The SMILES string of the molecule is CCc1cc2c(C(O)NC)c(-c3ccc(F)cc3)oc2nc1N(CCCOc1ccccc1C#N)S(C)(=O)=O. The van der Waals surface area contributed by atoms with Gasteiger partial charge >= 0.3 is 0 Å². The van der Waals surface area contributed by atoms with Crippen molar-refractivity contribution in [1.29, 1.82) is 5.26 Å². The number of aliphatic hydroxyl groups is 1. The average molecular weight is 553 g/mol. The molecule has 39 heavy (non-hydrogen) atoms. The first-order chi connectivity index (χ1) is 18.7. The van der Waals surface area contributed by atoms with Crippen molar-refractivity contribution < 1.29 is 27.1 Å². The van der Waals surface area contributed by atoms with E-state index in [0.29, 0.717) is 52.0 Å². The van der Waals surface area contributed by atoms with Crippen LogP contribution in [0.4, 0.5) is 10.2 Å². The van der Waals surface area contributed by atoms with E-state index in [0.717, 1.165) is 6.26 Å². The number of para-hydroxylation sites is 1. The first-order valence-corrected chi connectivity index (χ1v) is 14.2. The van der Waals surface area contributed by atoms with Crippen LogP contribution in [0.15, 0.2) is 59.0 Å². The number of nitriles is 1. The molecule has 204 valence electrons. The second-order valence-electron chi connectivity index (χ2n) is 8.87. The summed E-state index contributed by atoms with van der Waals surface area (Å²) in [5.41, 5.74) is 2.13. The maximum atomic E-state index is 13.6. The van der Waals surface area contributed by atoms with Crippen LogP contribution in [0, 0.1) is 17.1 Å². The van der Waals surface area contributed by atoms with Gasteiger partial charge in [-0.15, -0.1) is 0 Å². The summed E-state index contributed by atoms with van der Waals surface area (Å²) in [7, 11) is -2.15. The molecule has 0 radical (unpaired) electrons. The van der Waals surface area contributed by atoms with Gasteiger partial charge in [0, 0.05) is 23.9 Å². The monoisotopic (exact) mass is 552 g/mol. The molecule has 0 amide bonds.